The third kappa shape index (κ3) is 4.59. The number of nitrogens with one attached hydrogen (secondary N) is 2. The summed E-state index contributed by atoms with van der Waals surface area (Å²) < 4.78 is 2.33. The van der Waals surface area contributed by atoms with E-state index in [9.17, 15) is 9.59 Å². The molecule has 8 heteroatoms. The lowest BCUT2D eigenvalue weighted by Crippen LogP contribution is -2.24. The van der Waals surface area contributed by atoms with E-state index < -0.39 is 0 Å². The Hall–Kier alpha value is -3.26. The Morgan fingerprint density at radius 1 is 1.23 bits per heavy atom. The number of nitrogens with zero attached hydrogens (tertiary/aromatic N) is 3. The minimum Gasteiger partial charge on any atom is -0.326 e. The van der Waals surface area contributed by atoms with E-state index in [1.807, 2.05) is 65.8 Å². The molecule has 0 atom stereocenters. The fourth-order valence-corrected chi connectivity index (χ4v) is 4.13. The molecule has 2 aromatic carbocycles. The number of carbonyl (C=O) groups excluding carboxylic acids is 2. The summed E-state index contributed by atoms with van der Waals surface area (Å²) in [6, 6.07) is 13.7. The second-order valence-corrected chi connectivity index (χ2v) is 8.21. The predicted octanol–water partition coefficient (Wildman–Crippen LogP) is 4.38. The second-order valence-electron chi connectivity index (χ2n) is 7.82. The molecule has 0 aliphatic carbocycles. The molecule has 0 radical (unpaired) electrons. The molecule has 0 bridgehead atoms. The highest BCUT2D eigenvalue weighted by atomic mass is 32.1. The van der Waals surface area contributed by atoms with Crippen LogP contribution in [0.2, 0.25) is 0 Å². The van der Waals surface area contributed by atoms with E-state index in [0.29, 0.717) is 23.4 Å². The third-order valence-electron chi connectivity index (χ3n) is 5.44. The van der Waals surface area contributed by atoms with Crippen molar-refractivity contribution in [1.29, 1.82) is 0 Å². The molecule has 1 fully saturated rings. The maximum absolute atomic E-state index is 12.6. The van der Waals surface area contributed by atoms with Gasteiger partial charge in [-0.25, -0.2) is 0 Å². The lowest BCUT2D eigenvalue weighted by molar-refractivity contribution is -0.117. The van der Waals surface area contributed by atoms with Crippen LogP contribution < -0.4 is 10.2 Å². The van der Waals surface area contributed by atoms with Crippen LogP contribution in [0.15, 0.2) is 42.5 Å². The van der Waals surface area contributed by atoms with Crippen molar-refractivity contribution in [3.63, 3.8) is 0 Å². The molecule has 4 rings (SSSR count). The molecule has 0 unspecified atom stereocenters. The smallest absolute Gasteiger partial charge is 0.227 e. The van der Waals surface area contributed by atoms with Crippen LogP contribution in [0.3, 0.4) is 0 Å². The monoisotopic (exact) mass is 435 g/mol. The van der Waals surface area contributed by atoms with Crippen molar-refractivity contribution in [1.82, 2.24) is 14.8 Å². The van der Waals surface area contributed by atoms with E-state index in [1.165, 1.54) is 0 Å². The number of amides is 2. The topological polar surface area (TPSA) is 83.0 Å². The number of benzene rings is 2. The average Bonchev–Trinajstić information content (AvgIpc) is 3.32. The van der Waals surface area contributed by atoms with E-state index in [-0.39, 0.29) is 18.2 Å². The van der Waals surface area contributed by atoms with Gasteiger partial charge < -0.3 is 10.2 Å². The van der Waals surface area contributed by atoms with Crippen molar-refractivity contribution in [2.45, 2.75) is 39.7 Å². The van der Waals surface area contributed by atoms with Crippen LogP contribution in [0, 0.1) is 18.6 Å². The van der Waals surface area contributed by atoms with Crippen LogP contribution in [-0.2, 0) is 16.1 Å². The van der Waals surface area contributed by atoms with Gasteiger partial charge in [0.1, 0.15) is 0 Å². The van der Waals surface area contributed by atoms with Gasteiger partial charge in [0, 0.05) is 42.9 Å². The van der Waals surface area contributed by atoms with E-state index in [1.54, 1.807) is 0 Å². The zero-order valence-electron chi connectivity index (χ0n) is 17.6. The molecule has 1 aliphatic rings. The Bertz CT molecular complexity index is 1200. The molecule has 2 heterocycles. The quantitative estimate of drug-likeness (QED) is 0.563. The Kier molecular flexibility index (Phi) is 5.99. The summed E-state index contributed by atoms with van der Waals surface area (Å²) in [5.41, 5.74) is 4.67. The van der Waals surface area contributed by atoms with Gasteiger partial charge in [-0.1, -0.05) is 23.8 Å². The van der Waals surface area contributed by atoms with Crippen molar-refractivity contribution in [2.75, 3.05) is 16.8 Å². The zero-order chi connectivity index (χ0) is 22.0. The molecule has 0 spiro atoms. The van der Waals surface area contributed by atoms with Gasteiger partial charge in [0.15, 0.2) is 10.6 Å². The maximum atomic E-state index is 12.6. The summed E-state index contributed by atoms with van der Waals surface area (Å²) in [7, 11) is 0. The number of anilines is 2. The number of aromatic nitrogens is 3. The van der Waals surface area contributed by atoms with Crippen LogP contribution >= 0.6 is 12.2 Å². The van der Waals surface area contributed by atoms with Gasteiger partial charge in [0.05, 0.1) is 0 Å². The molecule has 0 saturated carbocycles. The summed E-state index contributed by atoms with van der Waals surface area (Å²) in [6.45, 7) is 5.15. The van der Waals surface area contributed by atoms with Crippen molar-refractivity contribution in [2.24, 2.45) is 0 Å². The first-order valence-corrected chi connectivity index (χ1v) is 10.8. The van der Waals surface area contributed by atoms with Crippen LogP contribution in [0.1, 0.15) is 30.4 Å². The second kappa shape index (κ2) is 8.85. The fraction of sp³-hybridized carbons (Fsp3) is 0.304. The molecule has 1 aromatic heterocycles. The summed E-state index contributed by atoms with van der Waals surface area (Å²) in [4.78, 5) is 26.4. The number of hydrogen-bond acceptors (Lipinski definition) is 4. The number of carbonyl (C=O) groups is 2. The minimum absolute atomic E-state index is 0.109. The van der Waals surface area contributed by atoms with Gasteiger partial charge in [0.25, 0.3) is 0 Å². The fourth-order valence-electron chi connectivity index (χ4n) is 3.91. The van der Waals surface area contributed by atoms with Crippen molar-refractivity contribution < 1.29 is 9.59 Å². The molecule has 7 nitrogen and oxygen atoms in total. The lowest BCUT2D eigenvalue weighted by Gasteiger charge is -2.19. The number of aryl methyl sites for hydroxylation is 2. The number of H-pyrrole nitrogens is 1. The molecular weight excluding hydrogens is 410 g/mol. The standard InChI is InChI=1S/C23H25N5O2S/c1-15-5-3-6-17(13-15)22-25-26-23(31)28(22)12-10-20(29)24-18-8-9-19(16(2)14-18)27-11-4-7-21(27)30/h3,5-6,8-9,13-14H,4,7,10-12H2,1-2H3,(H,24,29)(H,26,31). The highest BCUT2D eigenvalue weighted by Gasteiger charge is 2.23. The first-order chi connectivity index (χ1) is 14.9. The van der Waals surface area contributed by atoms with Gasteiger partial charge in [-0.2, -0.15) is 5.10 Å². The number of hydrogen-bond donors (Lipinski definition) is 2. The maximum Gasteiger partial charge on any atom is 0.227 e. The largest absolute Gasteiger partial charge is 0.326 e. The van der Waals surface area contributed by atoms with Crippen LogP contribution in [0.4, 0.5) is 11.4 Å². The molecule has 2 N–H and O–H groups in total. The van der Waals surface area contributed by atoms with E-state index in [2.05, 4.69) is 15.5 Å². The Balaban J connectivity index is 1.42. The molecular formula is C23H25N5O2S. The minimum atomic E-state index is -0.109. The molecule has 3 aromatic rings. The number of aromatic amines is 1. The first-order valence-electron chi connectivity index (χ1n) is 10.4. The van der Waals surface area contributed by atoms with Gasteiger partial charge in [-0.15, -0.1) is 0 Å². The Morgan fingerprint density at radius 3 is 2.77 bits per heavy atom. The zero-order valence-corrected chi connectivity index (χ0v) is 18.5. The summed E-state index contributed by atoms with van der Waals surface area (Å²) in [6.07, 6.45) is 1.74. The summed E-state index contributed by atoms with van der Waals surface area (Å²) in [5.74, 6) is 0.765. The molecule has 31 heavy (non-hydrogen) atoms. The first kappa shape index (κ1) is 21.0. The normalized spacial score (nSPS) is 13.6. The SMILES string of the molecule is Cc1cccc(-c2n[nH]c(=S)n2CCC(=O)Nc2ccc(N3CCCC3=O)c(C)c2)c1. The van der Waals surface area contributed by atoms with Crippen molar-refractivity contribution >= 4 is 35.4 Å². The van der Waals surface area contributed by atoms with Crippen LogP contribution in [0.5, 0.6) is 0 Å². The van der Waals surface area contributed by atoms with Crippen LogP contribution in [0.25, 0.3) is 11.4 Å². The highest BCUT2D eigenvalue weighted by Crippen LogP contribution is 2.27. The molecule has 1 saturated heterocycles. The molecule has 1 aliphatic heterocycles. The summed E-state index contributed by atoms with van der Waals surface area (Å²) >= 11 is 5.36. The Morgan fingerprint density at radius 2 is 2.06 bits per heavy atom. The summed E-state index contributed by atoms with van der Waals surface area (Å²) in [5, 5.41) is 10.1. The van der Waals surface area contributed by atoms with E-state index in [0.717, 1.165) is 41.2 Å². The highest BCUT2D eigenvalue weighted by molar-refractivity contribution is 7.71. The third-order valence-corrected chi connectivity index (χ3v) is 5.75. The van der Waals surface area contributed by atoms with Gasteiger partial charge in [0.2, 0.25) is 11.8 Å². The van der Waals surface area contributed by atoms with Gasteiger partial charge in [-0.05, 0) is 62.3 Å². The van der Waals surface area contributed by atoms with E-state index in [4.69, 9.17) is 12.2 Å². The molecule has 2 amide bonds. The molecule has 160 valence electrons. The lowest BCUT2D eigenvalue weighted by atomic mass is 10.1. The van der Waals surface area contributed by atoms with Gasteiger partial charge in [-0.3, -0.25) is 19.3 Å². The van der Waals surface area contributed by atoms with Gasteiger partial charge >= 0.3 is 0 Å². The van der Waals surface area contributed by atoms with E-state index >= 15 is 0 Å². The van der Waals surface area contributed by atoms with Crippen molar-refractivity contribution in [3.05, 3.63) is 58.4 Å². The van der Waals surface area contributed by atoms with Crippen molar-refractivity contribution in [3.8, 4) is 11.4 Å². The number of rotatable bonds is 6. The van der Waals surface area contributed by atoms with Crippen LogP contribution in [-0.4, -0.2) is 33.1 Å². The Labute approximate surface area is 186 Å². The predicted molar refractivity (Wildman–Crippen MR) is 124 cm³/mol. The average molecular weight is 436 g/mol.